The summed E-state index contributed by atoms with van der Waals surface area (Å²) in [4.78, 5) is 25.5. The molecule has 0 atom stereocenters. The molecule has 3 rings (SSSR count). The lowest BCUT2D eigenvalue weighted by atomic mass is 10.1. The average Bonchev–Trinajstić information content (AvgIpc) is 2.81. The minimum absolute atomic E-state index is 0.0691. The molecule has 0 radical (unpaired) electrons. The van der Waals surface area contributed by atoms with Crippen LogP contribution in [0.3, 0.4) is 0 Å². The standard InChI is InChI=1S/C24H23ClFN5O2/c1-15-6-7-31(30-13-16-2-5-22(26)18(8-16)12-28)24(33)21(15)10-23(32)29-14-19-9-20(25)4-3-17(19)11-27/h2-9,30H,10-11,13-14,27H2,1H3,(H,29,32). The smallest absolute Gasteiger partial charge is 0.272 e. The van der Waals surface area contributed by atoms with Crippen LogP contribution in [0.25, 0.3) is 0 Å². The molecule has 0 spiro atoms. The van der Waals surface area contributed by atoms with Gasteiger partial charge < -0.3 is 16.5 Å². The first kappa shape index (κ1) is 24.0. The van der Waals surface area contributed by atoms with E-state index in [2.05, 4.69) is 10.7 Å². The normalized spacial score (nSPS) is 10.5. The summed E-state index contributed by atoms with van der Waals surface area (Å²) in [5, 5.41) is 12.3. The molecule has 1 amide bonds. The number of carbonyl (C=O) groups excluding carboxylic acids is 1. The number of benzene rings is 2. The lowest BCUT2D eigenvalue weighted by molar-refractivity contribution is -0.120. The number of nitrogens with two attached hydrogens (primary N) is 1. The molecule has 0 unspecified atom stereocenters. The summed E-state index contributed by atoms with van der Waals surface area (Å²) < 4.78 is 14.8. The quantitative estimate of drug-likeness (QED) is 0.471. The second-order valence-electron chi connectivity index (χ2n) is 7.48. The fourth-order valence-electron chi connectivity index (χ4n) is 3.33. The van der Waals surface area contributed by atoms with Crippen LogP contribution in [0.5, 0.6) is 0 Å². The fourth-order valence-corrected chi connectivity index (χ4v) is 3.52. The van der Waals surface area contributed by atoms with E-state index < -0.39 is 5.82 Å². The SMILES string of the molecule is Cc1ccn(NCc2ccc(F)c(C#N)c2)c(=O)c1CC(=O)NCc1cc(Cl)ccc1CN. The summed E-state index contributed by atoms with van der Waals surface area (Å²) in [6.45, 7) is 2.52. The zero-order valence-corrected chi connectivity index (χ0v) is 18.7. The molecule has 4 N–H and O–H groups in total. The van der Waals surface area contributed by atoms with Crippen LogP contribution in [0, 0.1) is 24.1 Å². The van der Waals surface area contributed by atoms with Crippen LogP contribution in [0.2, 0.25) is 5.02 Å². The maximum absolute atomic E-state index is 13.5. The van der Waals surface area contributed by atoms with Crippen molar-refractivity contribution in [2.45, 2.75) is 33.0 Å². The molecule has 7 nitrogen and oxygen atoms in total. The van der Waals surface area contributed by atoms with E-state index in [-0.39, 0.29) is 36.5 Å². The highest BCUT2D eigenvalue weighted by Gasteiger charge is 2.13. The van der Waals surface area contributed by atoms with Crippen molar-refractivity contribution in [2.24, 2.45) is 5.73 Å². The van der Waals surface area contributed by atoms with Gasteiger partial charge in [-0.05, 0) is 59.5 Å². The Kier molecular flexibility index (Phi) is 7.83. The van der Waals surface area contributed by atoms with Crippen LogP contribution in [0.1, 0.15) is 33.4 Å². The molecule has 2 aromatic carbocycles. The number of pyridine rings is 1. The van der Waals surface area contributed by atoms with Crippen LogP contribution in [-0.2, 0) is 30.8 Å². The van der Waals surface area contributed by atoms with Gasteiger partial charge >= 0.3 is 0 Å². The number of nitrogens with one attached hydrogen (secondary N) is 2. The number of halogens is 2. The minimum Gasteiger partial charge on any atom is -0.352 e. The summed E-state index contributed by atoms with van der Waals surface area (Å²) in [5.74, 6) is -0.911. The van der Waals surface area contributed by atoms with E-state index in [9.17, 15) is 14.0 Å². The van der Waals surface area contributed by atoms with E-state index in [1.165, 1.54) is 22.9 Å². The number of aryl methyl sites for hydroxylation is 1. The van der Waals surface area contributed by atoms with Gasteiger partial charge in [0.1, 0.15) is 11.9 Å². The molecule has 0 saturated carbocycles. The maximum atomic E-state index is 13.5. The third kappa shape index (κ3) is 5.98. The summed E-state index contributed by atoms with van der Waals surface area (Å²) >= 11 is 6.04. The van der Waals surface area contributed by atoms with Crippen LogP contribution in [-0.4, -0.2) is 10.6 Å². The van der Waals surface area contributed by atoms with E-state index in [0.717, 1.165) is 11.1 Å². The predicted molar refractivity (Wildman–Crippen MR) is 125 cm³/mol. The number of nitrogens with zero attached hydrogens (tertiary/aromatic N) is 2. The van der Waals surface area contributed by atoms with Gasteiger partial charge in [-0.1, -0.05) is 23.7 Å². The van der Waals surface area contributed by atoms with Crippen molar-refractivity contribution < 1.29 is 9.18 Å². The third-order valence-corrected chi connectivity index (χ3v) is 5.47. The lowest BCUT2D eigenvalue weighted by Gasteiger charge is -2.14. The van der Waals surface area contributed by atoms with Crippen molar-refractivity contribution in [1.29, 1.82) is 5.26 Å². The molecule has 0 fully saturated rings. The highest BCUT2D eigenvalue weighted by molar-refractivity contribution is 6.30. The summed E-state index contributed by atoms with van der Waals surface area (Å²) in [7, 11) is 0. The number of carbonyl (C=O) groups is 1. The van der Waals surface area contributed by atoms with E-state index in [1.54, 1.807) is 37.4 Å². The monoisotopic (exact) mass is 467 g/mol. The van der Waals surface area contributed by atoms with Crippen LogP contribution in [0.4, 0.5) is 4.39 Å². The van der Waals surface area contributed by atoms with Gasteiger partial charge in [0, 0.05) is 29.9 Å². The first-order chi connectivity index (χ1) is 15.8. The molecular formula is C24H23ClFN5O2. The summed E-state index contributed by atoms with van der Waals surface area (Å²) in [6, 6.07) is 13.0. The molecule has 0 bridgehead atoms. The van der Waals surface area contributed by atoms with Gasteiger partial charge in [0.2, 0.25) is 5.91 Å². The van der Waals surface area contributed by atoms with Gasteiger partial charge in [-0.3, -0.25) is 9.59 Å². The van der Waals surface area contributed by atoms with Gasteiger partial charge in [0.15, 0.2) is 0 Å². The fraction of sp³-hybridized carbons (Fsp3) is 0.208. The first-order valence-corrected chi connectivity index (χ1v) is 10.6. The van der Waals surface area contributed by atoms with Crippen molar-refractivity contribution >= 4 is 17.5 Å². The number of amides is 1. The molecule has 0 aliphatic carbocycles. The Labute approximate surface area is 195 Å². The van der Waals surface area contributed by atoms with Gasteiger partial charge in [-0.15, -0.1) is 0 Å². The highest BCUT2D eigenvalue weighted by Crippen LogP contribution is 2.16. The van der Waals surface area contributed by atoms with Gasteiger partial charge in [-0.25, -0.2) is 9.07 Å². The Bertz CT molecular complexity index is 1280. The predicted octanol–water partition coefficient (Wildman–Crippen LogP) is 2.88. The molecule has 1 heterocycles. The number of nitriles is 1. The molecule has 0 aliphatic rings. The molecule has 9 heteroatoms. The number of hydrogen-bond acceptors (Lipinski definition) is 5. The van der Waals surface area contributed by atoms with Crippen molar-refractivity contribution in [3.8, 4) is 6.07 Å². The lowest BCUT2D eigenvalue weighted by Crippen LogP contribution is -2.34. The second kappa shape index (κ2) is 10.8. The van der Waals surface area contributed by atoms with Gasteiger partial charge in [0.05, 0.1) is 18.5 Å². The molecule has 0 saturated heterocycles. The number of rotatable bonds is 8. The third-order valence-electron chi connectivity index (χ3n) is 5.23. The van der Waals surface area contributed by atoms with Gasteiger partial charge in [0.25, 0.3) is 5.56 Å². The molecule has 170 valence electrons. The summed E-state index contributed by atoms with van der Waals surface area (Å²) in [5.41, 5.74) is 11.6. The Morgan fingerprint density at radius 2 is 1.97 bits per heavy atom. The second-order valence-corrected chi connectivity index (χ2v) is 7.92. The van der Waals surface area contributed by atoms with E-state index in [1.807, 2.05) is 6.07 Å². The highest BCUT2D eigenvalue weighted by atomic mass is 35.5. The van der Waals surface area contributed by atoms with E-state index in [0.29, 0.717) is 28.3 Å². The Morgan fingerprint density at radius 1 is 1.18 bits per heavy atom. The zero-order valence-electron chi connectivity index (χ0n) is 18.0. The maximum Gasteiger partial charge on any atom is 0.272 e. The minimum atomic E-state index is -0.599. The number of hydrogen-bond donors (Lipinski definition) is 3. The van der Waals surface area contributed by atoms with Crippen LogP contribution in [0.15, 0.2) is 53.5 Å². The van der Waals surface area contributed by atoms with E-state index in [4.69, 9.17) is 22.6 Å². The Balaban J connectivity index is 1.69. The molecule has 0 aliphatic heterocycles. The first-order valence-electron chi connectivity index (χ1n) is 10.2. The van der Waals surface area contributed by atoms with Crippen molar-refractivity contribution in [1.82, 2.24) is 9.99 Å². The Hall–Kier alpha value is -3.67. The largest absolute Gasteiger partial charge is 0.352 e. The van der Waals surface area contributed by atoms with E-state index >= 15 is 0 Å². The Morgan fingerprint density at radius 3 is 2.70 bits per heavy atom. The summed E-state index contributed by atoms with van der Waals surface area (Å²) in [6.07, 6.45) is 1.47. The molecular weight excluding hydrogens is 445 g/mol. The van der Waals surface area contributed by atoms with Crippen molar-refractivity contribution in [3.63, 3.8) is 0 Å². The average molecular weight is 468 g/mol. The molecule has 3 aromatic rings. The van der Waals surface area contributed by atoms with Crippen molar-refractivity contribution in [3.05, 3.63) is 103 Å². The zero-order chi connectivity index (χ0) is 24.0. The van der Waals surface area contributed by atoms with Crippen LogP contribution >= 0.6 is 11.6 Å². The topological polar surface area (TPSA) is 113 Å². The van der Waals surface area contributed by atoms with Crippen molar-refractivity contribution in [2.75, 3.05) is 5.43 Å². The molecule has 1 aromatic heterocycles. The molecule has 33 heavy (non-hydrogen) atoms. The number of aromatic nitrogens is 1. The van der Waals surface area contributed by atoms with Crippen LogP contribution < -0.4 is 22.0 Å². The van der Waals surface area contributed by atoms with Gasteiger partial charge in [-0.2, -0.15) is 5.26 Å².